The molecule has 0 aliphatic carbocycles. The van der Waals surface area contributed by atoms with Crippen molar-refractivity contribution in [1.82, 2.24) is 14.3 Å². The van der Waals surface area contributed by atoms with Crippen LogP contribution in [0.5, 0.6) is 0 Å². The molecule has 2 aliphatic heterocycles. The predicted molar refractivity (Wildman–Crippen MR) is 171 cm³/mol. The first kappa shape index (κ1) is 22.0. The third-order valence-corrected chi connectivity index (χ3v) is 9.58. The summed E-state index contributed by atoms with van der Waals surface area (Å²) in [4.78, 5) is 0. The van der Waals surface area contributed by atoms with Crippen LogP contribution in [0.4, 0.5) is 0 Å². The average Bonchev–Trinajstić information content (AvgIpc) is 3.63. The van der Waals surface area contributed by atoms with E-state index < -0.39 is 0 Å². The molecule has 194 valence electrons. The van der Waals surface area contributed by atoms with Gasteiger partial charge < -0.3 is 8.98 Å². The Bertz CT molecular complexity index is 2480. The van der Waals surface area contributed by atoms with Gasteiger partial charge in [0.25, 0.3) is 6.71 Å². The lowest BCUT2D eigenvalue weighted by Crippen LogP contribution is -2.59. The third kappa shape index (κ3) is 2.44. The summed E-state index contributed by atoms with van der Waals surface area (Å²) in [5, 5.41) is 11.4. The molecule has 5 heterocycles. The van der Waals surface area contributed by atoms with Crippen molar-refractivity contribution >= 4 is 77.7 Å². The maximum atomic E-state index is 6.55. The molecule has 0 spiro atoms. The van der Waals surface area contributed by atoms with Crippen molar-refractivity contribution in [3.05, 3.63) is 96.2 Å². The van der Waals surface area contributed by atoms with Gasteiger partial charge in [0, 0.05) is 27.2 Å². The van der Waals surface area contributed by atoms with Gasteiger partial charge in [-0.25, -0.2) is 4.68 Å². The second kappa shape index (κ2) is 6.92. The molecule has 8 aromatic rings. The molecule has 10 rings (SSSR count). The summed E-state index contributed by atoms with van der Waals surface area (Å²) in [6.45, 7) is 9.21. The van der Waals surface area contributed by atoms with E-state index in [0.29, 0.717) is 0 Å². The van der Waals surface area contributed by atoms with E-state index >= 15 is 0 Å². The molecule has 0 fully saturated rings. The Morgan fingerprint density at radius 3 is 2.34 bits per heavy atom. The van der Waals surface area contributed by atoms with Crippen LogP contribution in [-0.2, 0) is 5.41 Å². The minimum atomic E-state index is -0.0548. The Hall–Kier alpha value is -4.77. The average molecular weight is 527 g/mol. The number of para-hydroxylation sites is 3. The maximum Gasteiger partial charge on any atom is 0.252 e. The number of fused-ring (bicyclic) bond motifs is 12. The number of aromatic nitrogens is 3. The van der Waals surface area contributed by atoms with Gasteiger partial charge in [-0.2, -0.15) is 5.10 Å². The maximum absolute atomic E-state index is 6.55. The zero-order valence-electron chi connectivity index (χ0n) is 23.4. The molecule has 0 N–H and O–H groups in total. The minimum absolute atomic E-state index is 0.0548. The van der Waals surface area contributed by atoms with Gasteiger partial charge >= 0.3 is 0 Å². The quantitative estimate of drug-likeness (QED) is 0.204. The van der Waals surface area contributed by atoms with E-state index in [1.54, 1.807) is 0 Å². The van der Waals surface area contributed by atoms with Crippen LogP contribution in [0.2, 0.25) is 0 Å². The van der Waals surface area contributed by atoms with Gasteiger partial charge in [0.1, 0.15) is 11.2 Å². The molecule has 0 amide bonds. The summed E-state index contributed by atoms with van der Waals surface area (Å²) in [6.07, 6.45) is 0. The first-order chi connectivity index (χ1) is 19.9. The lowest BCUT2D eigenvalue weighted by atomic mass is 9.34. The van der Waals surface area contributed by atoms with E-state index in [-0.39, 0.29) is 12.1 Å². The Balaban J connectivity index is 1.51. The highest BCUT2D eigenvalue weighted by atomic mass is 16.3. The highest BCUT2D eigenvalue weighted by molar-refractivity contribution is 7.00. The first-order valence-electron chi connectivity index (χ1n) is 14.5. The number of nitrogens with zero attached hydrogens (tertiary/aromatic N) is 3. The van der Waals surface area contributed by atoms with Crippen molar-refractivity contribution in [2.45, 2.75) is 33.1 Å². The van der Waals surface area contributed by atoms with Gasteiger partial charge in [0.2, 0.25) is 0 Å². The topological polar surface area (TPSA) is 35.9 Å². The van der Waals surface area contributed by atoms with Crippen LogP contribution in [0.15, 0.2) is 89.3 Å². The molecule has 2 aliphatic rings. The minimum Gasteiger partial charge on any atom is -0.455 e. The van der Waals surface area contributed by atoms with E-state index in [2.05, 4.69) is 116 Å². The van der Waals surface area contributed by atoms with E-state index in [9.17, 15) is 0 Å². The number of hydrogen-bond acceptors (Lipinski definition) is 2. The molecule has 0 radical (unpaired) electrons. The van der Waals surface area contributed by atoms with Gasteiger partial charge in [-0.15, -0.1) is 0 Å². The molecule has 4 nitrogen and oxygen atoms in total. The molecule has 0 atom stereocenters. The second-order valence-electron chi connectivity index (χ2n) is 12.8. The molecule has 0 bridgehead atoms. The molecule has 0 saturated heterocycles. The van der Waals surface area contributed by atoms with Crippen molar-refractivity contribution in [3.63, 3.8) is 0 Å². The smallest absolute Gasteiger partial charge is 0.252 e. The monoisotopic (exact) mass is 527 g/mol. The van der Waals surface area contributed by atoms with Crippen LogP contribution in [0.1, 0.15) is 32.0 Å². The fourth-order valence-electron chi connectivity index (χ4n) is 7.97. The summed E-state index contributed by atoms with van der Waals surface area (Å²) in [5.41, 5.74) is 14.4. The SMILES string of the molecule is Cc1nn2c3c(cc4c5ccccc5oc4c13)B1c3ccccc3-n3c4ccccc4c4c(C(C)(C)C)cc-2c1c43. The fourth-order valence-corrected chi connectivity index (χ4v) is 7.97. The Morgan fingerprint density at radius 2 is 1.49 bits per heavy atom. The van der Waals surface area contributed by atoms with Crippen molar-refractivity contribution in [2.24, 2.45) is 0 Å². The van der Waals surface area contributed by atoms with Crippen molar-refractivity contribution in [2.75, 3.05) is 0 Å². The molecular formula is C36H26BN3O. The van der Waals surface area contributed by atoms with E-state index in [1.165, 1.54) is 66.0 Å². The van der Waals surface area contributed by atoms with Crippen LogP contribution >= 0.6 is 0 Å². The number of rotatable bonds is 0. The molecule has 3 aromatic heterocycles. The summed E-state index contributed by atoms with van der Waals surface area (Å²) >= 11 is 0. The van der Waals surface area contributed by atoms with Crippen molar-refractivity contribution < 1.29 is 4.42 Å². The van der Waals surface area contributed by atoms with Crippen molar-refractivity contribution in [1.29, 1.82) is 0 Å². The van der Waals surface area contributed by atoms with Crippen molar-refractivity contribution in [3.8, 4) is 11.4 Å². The fraction of sp³-hybridized carbons (Fsp3) is 0.139. The van der Waals surface area contributed by atoms with E-state index in [0.717, 1.165) is 27.6 Å². The number of hydrogen-bond donors (Lipinski definition) is 0. The van der Waals surface area contributed by atoms with Gasteiger partial charge in [-0.05, 0) is 58.6 Å². The summed E-state index contributed by atoms with van der Waals surface area (Å²) < 4.78 is 11.3. The Morgan fingerprint density at radius 1 is 0.732 bits per heavy atom. The van der Waals surface area contributed by atoms with E-state index in [4.69, 9.17) is 9.52 Å². The summed E-state index contributed by atoms with van der Waals surface area (Å²) in [5.74, 6) is 0. The highest BCUT2D eigenvalue weighted by Crippen LogP contribution is 2.43. The van der Waals surface area contributed by atoms with Crippen LogP contribution in [0, 0.1) is 6.92 Å². The van der Waals surface area contributed by atoms with E-state index in [1.807, 2.05) is 6.07 Å². The summed E-state index contributed by atoms with van der Waals surface area (Å²) in [6, 6.07) is 31.1. The Kier molecular flexibility index (Phi) is 3.71. The third-order valence-electron chi connectivity index (χ3n) is 9.58. The zero-order chi connectivity index (χ0) is 27.4. The van der Waals surface area contributed by atoms with Crippen LogP contribution in [-0.4, -0.2) is 21.1 Å². The summed E-state index contributed by atoms with van der Waals surface area (Å²) in [7, 11) is 0. The largest absolute Gasteiger partial charge is 0.455 e. The van der Waals surface area contributed by atoms with Crippen LogP contribution < -0.4 is 16.4 Å². The molecule has 5 heteroatoms. The normalized spacial score (nSPS) is 13.8. The molecule has 0 saturated carbocycles. The van der Waals surface area contributed by atoms with Crippen LogP contribution in [0.25, 0.3) is 66.0 Å². The molecular weight excluding hydrogens is 501 g/mol. The predicted octanol–water partition coefficient (Wildman–Crippen LogP) is 6.77. The second-order valence-corrected chi connectivity index (χ2v) is 12.8. The number of aryl methyl sites for hydroxylation is 1. The van der Waals surface area contributed by atoms with Gasteiger partial charge in [-0.3, -0.25) is 0 Å². The zero-order valence-corrected chi connectivity index (χ0v) is 23.4. The van der Waals surface area contributed by atoms with Gasteiger partial charge in [0.15, 0.2) is 0 Å². The van der Waals surface area contributed by atoms with Gasteiger partial charge in [0.05, 0.1) is 33.3 Å². The van der Waals surface area contributed by atoms with Gasteiger partial charge in [-0.1, -0.05) is 81.4 Å². The lowest BCUT2D eigenvalue weighted by molar-refractivity contribution is 0.595. The van der Waals surface area contributed by atoms with Crippen LogP contribution in [0.3, 0.4) is 0 Å². The first-order valence-corrected chi connectivity index (χ1v) is 14.5. The number of furan rings is 1. The standard InChI is InChI=1S/C36H26BN3O/c1-19-30-33-25(17-22-20-11-6-10-16-29(20)41-35(22)30)37-24-13-7-9-15-27(24)39-26-14-8-5-12-21(26)31-23(36(2,3)4)18-28(40(33)38-19)32(37)34(31)39/h5-18H,1-4H3. The molecule has 5 aromatic carbocycles. The lowest BCUT2D eigenvalue weighted by Gasteiger charge is -2.34. The highest BCUT2D eigenvalue weighted by Gasteiger charge is 2.43. The Labute approximate surface area is 236 Å². The molecule has 0 unspecified atom stereocenters. The molecule has 41 heavy (non-hydrogen) atoms. The number of benzene rings is 5.